The van der Waals surface area contributed by atoms with Crippen molar-refractivity contribution in [3.63, 3.8) is 0 Å². The normalized spacial score (nSPS) is 14.5. The van der Waals surface area contributed by atoms with Gasteiger partial charge in [0.15, 0.2) is 0 Å². The third-order valence-electron chi connectivity index (χ3n) is 5.08. The fourth-order valence-electron chi connectivity index (χ4n) is 3.31. The van der Waals surface area contributed by atoms with E-state index < -0.39 is 10.0 Å². The average Bonchev–Trinajstić information content (AvgIpc) is 2.70. The van der Waals surface area contributed by atoms with Gasteiger partial charge in [0.05, 0.1) is 10.5 Å². The molecule has 0 atom stereocenters. The molecule has 3 rings (SSSR count). The number of hydrogen-bond donors (Lipinski definition) is 3. The minimum atomic E-state index is -3.75. The van der Waals surface area contributed by atoms with Crippen LogP contribution in [0.4, 0.5) is 11.4 Å². The van der Waals surface area contributed by atoms with Crippen molar-refractivity contribution >= 4 is 27.3 Å². The summed E-state index contributed by atoms with van der Waals surface area (Å²) in [6.07, 6.45) is 0. The Morgan fingerprint density at radius 2 is 1.79 bits per heavy atom. The predicted octanol–water partition coefficient (Wildman–Crippen LogP) is 2.26. The topological polar surface area (TPSA) is 90.5 Å². The molecule has 1 saturated heterocycles. The summed E-state index contributed by atoms with van der Waals surface area (Å²) in [7, 11) is -3.75. The second kappa shape index (κ2) is 8.84. The van der Waals surface area contributed by atoms with Crippen molar-refractivity contribution in [2.45, 2.75) is 25.7 Å². The van der Waals surface area contributed by atoms with Crippen LogP contribution in [0.15, 0.2) is 41.3 Å². The van der Waals surface area contributed by atoms with Crippen LogP contribution in [0, 0.1) is 13.8 Å². The second-order valence-corrected chi connectivity index (χ2v) is 8.86. The number of carbonyl (C=O) groups excluding carboxylic acids is 1. The van der Waals surface area contributed by atoms with Gasteiger partial charge < -0.3 is 15.5 Å². The van der Waals surface area contributed by atoms with Crippen LogP contribution in [-0.2, 0) is 10.0 Å². The fourth-order valence-corrected chi connectivity index (χ4v) is 4.45. The van der Waals surface area contributed by atoms with E-state index >= 15 is 0 Å². The summed E-state index contributed by atoms with van der Waals surface area (Å²) in [4.78, 5) is 15.0. The van der Waals surface area contributed by atoms with Crippen LogP contribution in [0.25, 0.3) is 0 Å². The van der Waals surface area contributed by atoms with E-state index in [2.05, 4.69) is 20.3 Å². The molecule has 0 unspecified atom stereocenters. The van der Waals surface area contributed by atoms with Crippen molar-refractivity contribution in [1.29, 1.82) is 0 Å². The van der Waals surface area contributed by atoms with E-state index in [4.69, 9.17) is 0 Å². The van der Waals surface area contributed by atoms with Crippen LogP contribution in [-0.4, -0.2) is 47.0 Å². The summed E-state index contributed by atoms with van der Waals surface area (Å²) < 4.78 is 28.3. The van der Waals surface area contributed by atoms with Gasteiger partial charge in [0, 0.05) is 44.1 Å². The quantitative estimate of drug-likeness (QED) is 0.672. The molecule has 2 aromatic carbocycles. The highest BCUT2D eigenvalue weighted by Gasteiger charge is 2.21. The number of carbonyl (C=O) groups is 1. The van der Waals surface area contributed by atoms with Crippen LogP contribution < -0.4 is 20.3 Å². The highest BCUT2D eigenvalue weighted by Crippen LogP contribution is 2.27. The Labute approximate surface area is 172 Å². The smallest absolute Gasteiger partial charge is 0.261 e. The van der Waals surface area contributed by atoms with Crippen LogP contribution >= 0.6 is 0 Å². The van der Waals surface area contributed by atoms with Gasteiger partial charge in [0.2, 0.25) is 0 Å². The molecule has 1 aliphatic rings. The van der Waals surface area contributed by atoms with Crippen LogP contribution in [0.5, 0.6) is 0 Å². The summed E-state index contributed by atoms with van der Waals surface area (Å²) in [5, 5.41) is 6.11. The van der Waals surface area contributed by atoms with Gasteiger partial charge in [-0.05, 0) is 62.2 Å². The van der Waals surface area contributed by atoms with Crippen molar-refractivity contribution in [3.05, 3.63) is 53.1 Å². The number of sulfonamides is 1. The Hall–Kier alpha value is -2.58. The highest BCUT2D eigenvalue weighted by molar-refractivity contribution is 7.92. The maximum absolute atomic E-state index is 12.8. The van der Waals surface area contributed by atoms with Crippen molar-refractivity contribution in [3.8, 4) is 0 Å². The molecule has 1 aliphatic heterocycles. The van der Waals surface area contributed by atoms with Crippen molar-refractivity contribution in [1.82, 2.24) is 10.6 Å². The lowest BCUT2D eigenvalue weighted by molar-refractivity contribution is 0.0956. The number of piperazine rings is 1. The summed E-state index contributed by atoms with van der Waals surface area (Å²) in [6, 6.07) is 10.2. The van der Waals surface area contributed by atoms with E-state index in [0.717, 1.165) is 43.0 Å². The van der Waals surface area contributed by atoms with Crippen molar-refractivity contribution < 1.29 is 13.2 Å². The molecule has 0 radical (unpaired) electrons. The molecule has 0 saturated carbocycles. The zero-order valence-electron chi connectivity index (χ0n) is 17.1. The Bertz CT molecular complexity index is 999. The van der Waals surface area contributed by atoms with E-state index in [0.29, 0.717) is 17.8 Å². The fraction of sp³-hybridized carbons (Fsp3) is 0.381. The average molecular weight is 417 g/mol. The lowest BCUT2D eigenvalue weighted by Gasteiger charge is -2.31. The molecule has 0 aliphatic carbocycles. The summed E-state index contributed by atoms with van der Waals surface area (Å²) in [6.45, 7) is 9.44. The van der Waals surface area contributed by atoms with Crippen LogP contribution in [0.3, 0.4) is 0 Å². The van der Waals surface area contributed by atoms with Crippen molar-refractivity contribution in [2.24, 2.45) is 0 Å². The zero-order chi connectivity index (χ0) is 21.0. The molecule has 0 spiro atoms. The van der Waals surface area contributed by atoms with Crippen LogP contribution in [0.2, 0.25) is 0 Å². The third kappa shape index (κ3) is 4.89. The van der Waals surface area contributed by atoms with Crippen LogP contribution in [0.1, 0.15) is 28.4 Å². The van der Waals surface area contributed by atoms with Gasteiger partial charge in [0.1, 0.15) is 0 Å². The van der Waals surface area contributed by atoms with Gasteiger partial charge in [-0.3, -0.25) is 9.52 Å². The largest absolute Gasteiger partial charge is 0.368 e. The minimum absolute atomic E-state index is 0.200. The first kappa shape index (κ1) is 21.1. The first-order valence-electron chi connectivity index (χ1n) is 9.80. The van der Waals surface area contributed by atoms with Gasteiger partial charge in [-0.2, -0.15) is 0 Å². The molecule has 1 amide bonds. The molecular formula is C21H28N4O3S. The first-order valence-corrected chi connectivity index (χ1v) is 11.3. The Morgan fingerprint density at radius 3 is 2.45 bits per heavy atom. The predicted molar refractivity (Wildman–Crippen MR) is 116 cm³/mol. The van der Waals surface area contributed by atoms with Gasteiger partial charge in [-0.1, -0.05) is 6.07 Å². The molecule has 2 aromatic rings. The molecule has 156 valence electrons. The lowest BCUT2D eigenvalue weighted by atomic mass is 10.1. The number of anilines is 2. The highest BCUT2D eigenvalue weighted by atomic mass is 32.2. The number of amides is 1. The monoisotopic (exact) mass is 416 g/mol. The summed E-state index contributed by atoms with van der Waals surface area (Å²) in [5.41, 5.74) is 3.58. The molecule has 1 fully saturated rings. The number of aryl methyl sites for hydroxylation is 2. The third-order valence-corrected chi connectivity index (χ3v) is 6.46. The number of nitrogens with one attached hydrogen (secondary N) is 3. The zero-order valence-corrected chi connectivity index (χ0v) is 17.9. The van der Waals surface area contributed by atoms with Gasteiger partial charge in [-0.25, -0.2) is 8.42 Å². The number of hydrogen-bond acceptors (Lipinski definition) is 5. The Balaban J connectivity index is 1.93. The molecule has 1 heterocycles. The van der Waals surface area contributed by atoms with Gasteiger partial charge >= 0.3 is 0 Å². The summed E-state index contributed by atoms with van der Waals surface area (Å²) in [5.74, 6) is -0.215. The lowest BCUT2D eigenvalue weighted by Crippen LogP contribution is -2.44. The molecule has 29 heavy (non-hydrogen) atoms. The molecule has 7 nitrogen and oxygen atoms in total. The maximum atomic E-state index is 12.8. The van der Waals surface area contributed by atoms with Crippen molar-refractivity contribution in [2.75, 3.05) is 42.3 Å². The molecular weight excluding hydrogens is 388 g/mol. The van der Waals surface area contributed by atoms with E-state index in [9.17, 15) is 13.2 Å². The Kier molecular flexibility index (Phi) is 6.44. The van der Waals surface area contributed by atoms with Gasteiger partial charge in [0.25, 0.3) is 15.9 Å². The van der Waals surface area contributed by atoms with E-state index in [1.165, 1.54) is 0 Å². The minimum Gasteiger partial charge on any atom is -0.368 e. The number of benzene rings is 2. The molecule has 3 N–H and O–H groups in total. The van der Waals surface area contributed by atoms with E-state index in [1.807, 2.05) is 26.8 Å². The van der Waals surface area contributed by atoms with E-state index in [1.54, 1.807) is 30.3 Å². The molecule has 8 heteroatoms. The maximum Gasteiger partial charge on any atom is 0.261 e. The molecule has 0 bridgehead atoms. The van der Waals surface area contributed by atoms with E-state index in [-0.39, 0.29) is 10.8 Å². The first-order chi connectivity index (χ1) is 13.8. The standard InChI is InChI=1S/C21H28N4O3S/c1-4-23-21(26)19-14-17(6-8-20(19)25-11-9-22-10-12-25)24-29(27,28)18-7-5-15(2)16(3)13-18/h5-8,13-14,22,24H,4,9-12H2,1-3H3,(H,23,26). The van der Waals surface area contributed by atoms with Gasteiger partial charge in [-0.15, -0.1) is 0 Å². The SMILES string of the molecule is CCNC(=O)c1cc(NS(=O)(=O)c2ccc(C)c(C)c2)ccc1N1CCNCC1. The molecule has 0 aromatic heterocycles. The Morgan fingerprint density at radius 1 is 1.07 bits per heavy atom. The second-order valence-electron chi connectivity index (χ2n) is 7.18. The summed E-state index contributed by atoms with van der Waals surface area (Å²) >= 11 is 0. The number of nitrogens with zero attached hydrogens (tertiary/aromatic N) is 1. The number of rotatable bonds is 6.